The van der Waals surface area contributed by atoms with Gasteiger partial charge in [0.05, 0.1) is 11.5 Å². The first-order chi connectivity index (χ1) is 8.91. The van der Waals surface area contributed by atoms with Crippen molar-refractivity contribution in [2.75, 3.05) is 18.6 Å². The molecule has 3 nitrogen and oxygen atoms in total. The molecule has 106 valence electrons. The Kier molecular flexibility index (Phi) is 4.77. The summed E-state index contributed by atoms with van der Waals surface area (Å²) >= 11 is 12.1. The maximum absolute atomic E-state index is 11.6. The molecule has 1 aliphatic heterocycles. The van der Waals surface area contributed by atoms with E-state index in [-0.39, 0.29) is 17.7 Å². The molecule has 0 aliphatic carbocycles. The van der Waals surface area contributed by atoms with Gasteiger partial charge in [0.15, 0.2) is 9.84 Å². The fourth-order valence-electron chi connectivity index (χ4n) is 2.58. The predicted octanol–water partition coefficient (Wildman–Crippen LogP) is 2.56. The largest absolute Gasteiger partial charge is 0.316 e. The molecule has 1 aromatic carbocycles. The van der Waals surface area contributed by atoms with Crippen molar-refractivity contribution in [3.8, 4) is 0 Å². The summed E-state index contributed by atoms with van der Waals surface area (Å²) in [6.07, 6.45) is 1.40. The first-order valence-corrected chi connectivity index (χ1v) is 8.80. The van der Waals surface area contributed by atoms with Crippen LogP contribution in [0.5, 0.6) is 0 Å². The zero-order valence-corrected chi connectivity index (χ0v) is 13.0. The minimum absolute atomic E-state index is 0.105. The van der Waals surface area contributed by atoms with Crippen molar-refractivity contribution in [3.05, 3.63) is 33.8 Å². The molecule has 0 saturated carbocycles. The Morgan fingerprint density at radius 1 is 1.42 bits per heavy atom. The quantitative estimate of drug-likeness (QED) is 0.927. The summed E-state index contributed by atoms with van der Waals surface area (Å²) in [7, 11) is -1.00. The van der Waals surface area contributed by atoms with E-state index in [9.17, 15) is 8.42 Å². The topological polar surface area (TPSA) is 46.2 Å². The first kappa shape index (κ1) is 15.1. The molecule has 0 bridgehead atoms. The summed E-state index contributed by atoms with van der Waals surface area (Å²) in [4.78, 5) is 0. The summed E-state index contributed by atoms with van der Waals surface area (Å²) in [5, 5.41) is 4.53. The van der Waals surface area contributed by atoms with Gasteiger partial charge in [0.1, 0.15) is 0 Å². The van der Waals surface area contributed by atoms with Crippen molar-refractivity contribution >= 4 is 33.0 Å². The molecule has 1 N–H and O–H groups in total. The third kappa shape index (κ3) is 3.85. The van der Waals surface area contributed by atoms with E-state index in [0.717, 1.165) is 5.56 Å². The molecule has 0 aromatic heterocycles. The Bertz CT molecular complexity index is 560. The van der Waals surface area contributed by atoms with Crippen molar-refractivity contribution in [1.82, 2.24) is 5.32 Å². The molecule has 2 rings (SSSR count). The normalized spacial score (nSPS) is 23.4. The number of benzene rings is 1. The van der Waals surface area contributed by atoms with Crippen LogP contribution in [0.3, 0.4) is 0 Å². The standard InChI is InChI=1S/C13H17Cl2NO2S/c1-16-13(9-4-5-19(17,18)8-9)7-10-6-11(14)2-3-12(10)15/h2-3,6,9,13,16H,4-5,7-8H2,1H3. The summed E-state index contributed by atoms with van der Waals surface area (Å²) in [5.41, 5.74) is 0.956. The maximum Gasteiger partial charge on any atom is 0.150 e. The highest BCUT2D eigenvalue weighted by atomic mass is 35.5. The maximum atomic E-state index is 11.6. The molecule has 0 amide bonds. The molecule has 1 aromatic rings. The van der Waals surface area contributed by atoms with Gasteiger partial charge in [-0.3, -0.25) is 0 Å². The lowest BCUT2D eigenvalue weighted by Crippen LogP contribution is -2.36. The SMILES string of the molecule is CNC(Cc1cc(Cl)ccc1Cl)C1CCS(=O)(=O)C1. The number of hydrogen-bond acceptors (Lipinski definition) is 3. The first-order valence-electron chi connectivity index (χ1n) is 6.23. The average Bonchev–Trinajstić information content (AvgIpc) is 2.70. The van der Waals surface area contributed by atoms with Gasteiger partial charge in [0.2, 0.25) is 0 Å². The molecule has 2 unspecified atom stereocenters. The van der Waals surface area contributed by atoms with Crippen molar-refractivity contribution in [1.29, 1.82) is 0 Å². The number of sulfone groups is 1. The number of nitrogens with one attached hydrogen (secondary N) is 1. The highest BCUT2D eigenvalue weighted by Gasteiger charge is 2.33. The van der Waals surface area contributed by atoms with E-state index >= 15 is 0 Å². The van der Waals surface area contributed by atoms with E-state index < -0.39 is 9.84 Å². The minimum atomic E-state index is -2.86. The Labute approximate surface area is 124 Å². The fourth-order valence-corrected chi connectivity index (χ4v) is 4.85. The van der Waals surface area contributed by atoms with E-state index in [1.54, 1.807) is 12.1 Å². The van der Waals surface area contributed by atoms with Crippen LogP contribution in [0.15, 0.2) is 18.2 Å². The van der Waals surface area contributed by atoms with Crippen molar-refractivity contribution in [3.63, 3.8) is 0 Å². The molecule has 1 heterocycles. The molecule has 6 heteroatoms. The summed E-state index contributed by atoms with van der Waals surface area (Å²) < 4.78 is 23.1. The lowest BCUT2D eigenvalue weighted by molar-refractivity contribution is 0.403. The van der Waals surface area contributed by atoms with Crippen LogP contribution in [-0.4, -0.2) is 33.0 Å². The van der Waals surface area contributed by atoms with Crippen LogP contribution in [0, 0.1) is 5.92 Å². The van der Waals surface area contributed by atoms with Crippen molar-refractivity contribution < 1.29 is 8.42 Å². The Hall–Kier alpha value is -0.290. The molecule has 0 spiro atoms. The van der Waals surface area contributed by atoms with Gasteiger partial charge < -0.3 is 5.32 Å². The molecule has 1 fully saturated rings. The van der Waals surface area contributed by atoms with Crippen LogP contribution >= 0.6 is 23.2 Å². The Morgan fingerprint density at radius 2 is 2.16 bits per heavy atom. The van der Waals surface area contributed by atoms with E-state index in [2.05, 4.69) is 5.32 Å². The van der Waals surface area contributed by atoms with Crippen LogP contribution in [0.4, 0.5) is 0 Å². The molecule has 1 saturated heterocycles. The number of halogens is 2. The fraction of sp³-hybridized carbons (Fsp3) is 0.538. The Balaban J connectivity index is 2.13. The third-order valence-electron chi connectivity index (χ3n) is 3.66. The third-order valence-corrected chi connectivity index (χ3v) is 6.05. The summed E-state index contributed by atoms with van der Waals surface area (Å²) in [5.74, 6) is 0.695. The van der Waals surface area contributed by atoms with Gasteiger partial charge in [-0.25, -0.2) is 8.42 Å². The van der Waals surface area contributed by atoms with Crippen molar-refractivity contribution in [2.45, 2.75) is 18.9 Å². The number of rotatable bonds is 4. The van der Waals surface area contributed by atoms with Crippen LogP contribution in [0.25, 0.3) is 0 Å². The van der Waals surface area contributed by atoms with Gasteiger partial charge in [-0.1, -0.05) is 23.2 Å². The summed E-state index contributed by atoms with van der Waals surface area (Å²) in [6, 6.07) is 5.48. The van der Waals surface area contributed by atoms with Gasteiger partial charge in [-0.2, -0.15) is 0 Å². The van der Waals surface area contributed by atoms with Crippen LogP contribution in [0.1, 0.15) is 12.0 Å². The molecule has 0 radical (unpaired) electrons. The highest BCUT2D eigenvalue weighted by molar-refractivity contribution is 7.91. The lowest BCUT2D eigenvalue weighted by atomic mass is 9.93. The van der Waals surface area contributed by atoms with Gasteiger partial charge >= 0.3 is 0 Å². The van der Waals surface area contributed by atoms with E-state index in [4.69, 9.17) is 23.2 Å². The van der Waals surface area contributed by atoms with Crippen molar-refractivity contribution in [2.24, 2.45) is 5.92 Å². The molecular weight excluding hydrogens is 305 g/mol. The van der Waals surface area contributed by atoms with E-state index in [1.807, 2.05) is 13.1 Å². The predicted molar refractivity (Wildman–Crippen MR) is 79.8 cm³/mol. The number of likely N-dealkylation sites (N-methyl/N-ethyl adjacent to an activating group) is 1. The monoisotopic (exact) mass is 321 g/mol. The van der Waals surface area contributed by atoms with Gasteiger partial charge in [-0.05, 0) is 49.6 Å². The van der Waals surface area contributed by atoms with Gasteiger partial charge in [-0.15, -0.1) is 0 Å². The van der Waals surface area contributed by atoms with E-state index in [1.165, 1.54) is 0 Å². The Morgan fingerprint density at radius 3 is 2.74 bits per heavy atom. The molecule has 19 heavy (non-hydrogen) atoms. The van der Waals surface area contributed by atoms with Crippen LogP contribution in [-0.2, 0) is 16.3 Å². The average molecular weight is 322 g/mol. The highest BCUT2D eigenvalue weighted by Crippen LogP contribution is 2.27. The van der Waals surface area contributed by atoms with Gasteiger partial charge in [0, 0.05) is 16.1 Å². The minimum Gasteiger partial charge on any atom is -0.316 e. The molecule has 2 atom stereocenters. The lowest BCUT2D eigenvalue weighted by Gasteiger charge is -2.22. The van der Waals surface area contributed by atoms with E-state index in [0.29, 0.717) is 28.6 Å². The second kappa shape index (κ2) is 6.00. The zero-order chi connectivity index (χ0) is 14.0. The second-order valence-electron chi connectivity index (χ2n) is 5.00. The van der Waals surface area contributed by atoms with Gasteiger partial charge in [0.25, 0.3) is 0 Å². The second-order valence-corrected chi connectivity index (χ2v) is 8.07. The summed E-state index contributed by atoms with van der Waals surface area (Å²) in [6.45, 7) is 0. The molecular formula is C13H17Cl2NO2S. The smallest absolute Gasteiger partial charge is 0.150 e. The number of hydrogen-bond donors (Lipinski definition) is 1. The zero-order valence-electron chi connectivity index (χ0n) is 10.7. The van der Waals surface area contributed by atoms with Crippen LogP contribution < -0.4 is 5.32 Å². The molecule has 1 aliphatic rings. The van der Waals surface area contributed by atoms with Crippen LogP contribution in [0.2, 0.25) is 10.0 Å².